The van der Waals surface area contributed by atoms with Gasteiger partial charge in [-0.15, -0.1) is 0 Å². The second-order valence-corrected chi connectivity index (χ2v) is 5.52. The van der Waals surface area contributed by atoms with Gasteiger partial charge in [-0.3, -0.25) is 4.98 Å². The maximum Gasteiger partial charge on any atom is 0.323 e. The number of carbonyl (C=O) groups is 1. The summed E-state index contributed by atoms with van der Waals surface area (Å²) in [4.78, 5) is 16.6. The van der Waals surface area contributed by atoms with Crippen molar-refractivity contribution in [3.8, 4) is 0 Å². The molecule has 1 aromatic heterocycles. The molecule has 0 bridgehead atoms. The highest BCUT2D eigenvalue weighted by molar-refractivity contribution is 6.06. The SMILES string of the molecule is O=C(Nc1ccc2ccccc2c1)Nc1cccc2ncccc12. The first-order valence-electron chi connectivity index (χ1n) is 7.70. The first kappa shape index (κ1) is 14.2. The molecule has 0 fully saturated rings. The molecule has 0 aliphatic rings. The minimum atomic E-state index is -0.276. The van der Waals surface area contributed by atoms with Gasteiger partial charge in [-0.2, -0.15) is 0 Å². The summed E-state index contributed by atoms with van der Waals surface area (Å²) >= 11 is 0. The van der Waals surface area contributed by atoms with Crippen LogP contribution in [0.1, 0.15) is 0 Å². The van der Waals surface area contributed by atoms with Crippen molar-refractivity contribution in [3.63, 3.8) is 0 Å². The number of pyridine rings is 1. The Bertz CT molecular complexity index is 1040. The van der Waals surface area contributed by atoms with E-state index in [1.165, 1.54) is 0 Å². The molecular weight excluding hydrogens is 298 g/mol. The maximum atomic E-state index is 12.3. The third-order valence-electron chi connectivity index (χ3n) is 3.90. The quantitative estimate of drug-likeness (QED) is 0.545. The van der Waals surface area contributed by atoms with Crippen molar-refractivity contribution >= 4 is 39.1 Å². The number of benzene rings is 3. The normalized spacial score (nSPS) is 10.7. The Balaban J connectivity index is 1.57. The van der Waals surface area contributed by atoms with Gasteiger partial charge in [0.25, 0.3) is 0 Å². The molecule has 4 nitrogen and oxygen atoms in total. The number of hydrogen-bond donors (Lipinski definition) is 2. The molecule has 0 spiro atoms. The van der Waals surface area contributed by atoms with Crippen molar-refractivity contribution in [2.24, 2.45) is 0 Å². The zero-order valence-corrected chi connectivity index (χ0v) is 12.9. The Labute approximate surface area is 139 Å². The third kappa shape index (κ3) is 2.77. The van der Waals surface area contributed by atoms with Crippen molar-refractivity contribution in [2.45, 2.75) is 0 Å². The third-order valence-corrected chi connectivity index (χ3v) is 3.90. The van der Waals surface area contributed by atoms with Crippen LogP contribution in [0, 0.1) is 0 Å². The van der Waals surface area contributed by atoms with E-state index in [2.05, 4.69) is 15.6 Å². The summed E-state index contributed by atoms with van der Waals surface area (Å²) in [6.07, 6.45) is 1.74. The molecule has 0 unspecified atom stereocenters. The molecule has 2 amide bonds. The number of rotatable bonds is 2. The topological polar surface area (TPSA) is 54.0 Å². The van der Waals surface area contributed by atoms with Gasteiger partial charge in [-0.05, 0) is 47.2 Å². The van der Waals surface area contributed by atoms with E-state index in [1.807, 2.05) is 72.8 Å². The van der Waals surface area contributed by atoms with Gasteiger partial charge in [-0.1, -0.05) is 36.4 Å². The van der Waals surface area contributed by atoms with Crippen molar-refractivity contribution < 1.29 is 4.79 Å². The van der Waals surface area contributed by atoms with Crippen LogP contribution in [0.2, 0.25) is 0 Å². The number of amides is 2. The van der Waals surface area contributed by atoms with Crippen LogP contribution in [0.15, 0.2) is 79.0 Å². The number of nitrogens with zero attached hydrogens (tertiary/aromatic N) is 1. The Morgan fingerprint density at radius 1 is 0.792 bits per heavy atom. The summed E-state index contributed by atoms with van der Waals surface area (Å²) in [5.74, 6) is 0. The van der Waals surface area contributed by atoms with E-state index in [9.17, 15) is 4.79 Å². The van der Waals surface area contributed by atoms with Crippen LogP contribution >= 0.6 is 0 Å². The molecule has 2 N–H and O–H groups in total. The Morgan fingerprint density at radius 2 is 1.67 bits per heavy atom. The molecule has 0 aliphatic heterocycles. The zero-order valence-electron chi connectivity index (χ0n) is 12.9. The molecule has 3 aromatic carbocycles. The predicted molar refractivity (Wildman–Crippen MR) is 98.3 cm³/mol. The number of carbonyl (C=O) groups excluding carboxylic acids is 1. The molecule has 0 saturated carbocycles. The summed E-state index contributed by atoms with van der Waals surface area (Å²) < 4.78 is 0. The Morgan fingerprint density at radius 3 is 2.58 bits per heavy atom. The number of aromatic nitrogens is 1. The highest BCUT2D eigenvalue weighted by Gasteiger charge is 2.06. The number of nitrogens with one attached hydrogen (secondary N) is 2. The number of urea groups is 1. The van der Waals surface area contributed by atoms with Gasteiger partial charge >= 0.3 is 6.03 Å². The maximum absolute atomic E-state index is 12.3. The van der Waals surface area contributed by atoms with Crippen LogP contribution in [0.3, 0.4) is 0 Å². The van der Waals surface area contributed by atoms with Gasteiger partial charge in [0, 0.05) is 17.3 Å². The van der Waals surface area contributed by atoms with Crippen LogP contribution < -0.4 is 10.6 Å². The Hall–Kier alpha value is -3.40. The molecule has 4 heteroatoms. The lowest BCUT2D eigenvalue weighted by molar-refractivity contribution is 0.262. The standard InChI is InChI=1S/C20H15N3O/c24-20(22-16-11-10-14-5-1-2-6-15(14)13-16)23-19-9-3-8-18-17(19)7-4-12-21-18/h1-13H,(H2,22,23,24). The molecular formula is C20H15N3O. The number of fused-ring (bicyclic) bond motifs is 2. The van der Waals surface area contributed by atoms with E-state index in [0.29, 0.717) is 0 Å². The summed E-state index contributed by atoms with van der Waals surface area (Å²) in [6.45, 7) is 0. The fraction of sp³-hybridized carbons (Fsp3) is 0. The largest absolute Gasteiger partial charge is 0.323 e. The minimum Gasteiger partial charge on any atom is -0.308 e. The first-order valence-corrected chi connectivity index (χ1v) is 7.70. The molecule has 0 radical (unpaired) electrons. The lowest BCUT2D eigenvalue weighted by atomic mass is 10.1. The highest BCUT2D eigenvalue weighted by Crippen LogP contribution is 2.22. The van der Waals surface area contributed by atoms with E-state index in [4.69, 9.17) is 0 Å². The van der Waals surface area contributed by atoms with E-state index < -0.39 is 0 Å². The monoisotopic (exact) mass is 313 g/mol. The molecule has 0 aliphatic carbocycles. The van der Waals surface area contributed by atoms with E-state index in [0.717, 1.165) is 33.1 Å². The van der Waals surface area contributed by atoms with E-state index in [1.54, 1.807) is 6.20 Å². The summed E-state index contributed by atoms with van der Waals surface area (Å²) in [6, 6.07) is 23.1. The first-order chi connectivity index (χ1) is 11.8. The smallest absolute Gasteiger partial charge is 0.308 e. The van der Waals surface area contributed by atoms with Crippen molar-refractivity contribution in [1.29, 1.82) is 0 Å². The average molecular weight is 313 g/mol. The van der Waals surface area contributed by atoms with E-state index in [-0.39, 0.29) is 6.03 Å². The van der Waals surface area contributed by atoms with Gasteiger partial charge in [0.1, 0.15) is 0 Å². The molecule has 4 rings (SSSR count). The zero-order chi connectivity index (χ0) is 16.4. The fourth-order valence-corrected chi connectivity index (χ4v) is 2.76. The van der Waals surface area contributed by atoms with Gasteiger partial charge < -0.3 is 10.6 Å². The van der Waals surface area contributed by atoms with E-state index >= 15 is 0 Å². The molecule has 0 saturated heterocycles. The fourth-order valence-electron chi connectivity index (χ4n) is 2.76. The van der Waals surface area contributed by atoms with Crippen LogP contribution in [0.4, 0.5) is 16.2 Å². The van der Waals surface area contributed by atoms with Crippen LogP contribution in [-0.2, 0) is 0 Å². The van der Waals surface area contributed by atoms with Gasteiger partial charge in [0.2, 0.25) is 0 Å². The number of hydrogen-bond acceptors (Lipinski definition) is 2. The predicted octanol–water partition coefficient (Wildman–Crippen LogP) is 5.03. The molecule has 116 valence electrons. The van der Waals surface area contributed by atoms with Crippen molar-refractivity contribution in [3.05, 3.63) is 79.0 Å². The highest BCUT2D eigenvalue weighted by atomic mass is 16.2. The van der Waals surface area contributed by atoms with Gasteiger partial charge in [-0.25, -0.2) is 4.79 Å². The van der Waals surface area contributed by atoms with Gasteiger partial charge in [0.15, 0.2) is 0 Å². The summed E-state index contributed by atoms with van der Waals surface area (Å²) in [5, 5.41) is 8.91. The summed E-state index contributed by atoms with van der Waals surface area (Å²) in [7, 11) is 0. The van der Waals surface area contributed by atoms with Crippen molar-refractivity contribution in [1.82, 2.24) is 4.98 Å². The minimum absolute atomic E-state index is 0.276. The second-order valence-electron chi connectivity index (χ2n) is 5.52. The van der Waals surface area contributed by atoms with Crippen LogP contribution in [0.5, 0.6) is 0 Å². The number of anilines is 2. The molecule has 24 heavy (non-hydrogen) atoms. The van der Waals surface area contributed by atoms with Gasteiger partial charge in [0.05, 0.1) is 11.2 Å². The van der Waals surface area contributed by atoms with Crippen molar-refractivity contribution in [2.75, 3.05) is 10.6 Å². The Kier molecular flexibility index (Phi) is 3.56. The molecule has 0 atom stereocenters. The van der Waals surface area contributed by atoms with Crippen LogP contribution in [-0.4, -0.2) is 11.0 Å². The lowest BCUT2D eigenvalue weighted by Crippen LogP contribution is -2.19. The molecule has 1 heterocycles. The van der Waals surface area contributed by atoms with Crippen LogP contribution in [0.25, 0.3) is 21.7 Å². The molecule has 4 aromatic rings. The summed E-state index contributed by atoms with van der Waals surface area (Å²) in [5.41, 5.74) is 2.34. The second kappa shape index (κ2) is 6.01. The lowest BCUT2D eigenvalue weighted by Gasteiger charge is -2.10. The average Bonchev–Trinajstić information content (AvgIpc) is 2.62.